The fourth-order valence-electron chi connectivity index (χ4n) is 4.88. The number of aromatic nitrogens is 2. The number of aromatic hydroxyl groups is 1. The van der Waals surface area contributed by atoms with E-state index in [-0.39, 0.29) is 23.2 Å². The molecule has 1 aliphatic rings. The summed E-state index contributed by atoms with van der Waals surface area (Å²) >= 11 is 1.74. The minimum Gasteiger partial charge on any atom is -0.503 e. The van der Waals surface area contributed by atoms with Crippen LogP contribution in [0.25, 0.3) is 21.2 Å². The van der Waals surface area contributed by atoms with Crippen LogP contribution in [-0.2, 0) is 9.59 Å². The summed E-state index contributed by atoms with van der Waals surface area (Å²) in [5.74, 6) is 0.370. The lowest BCUT2D eigenvalue weighted by Crippen LogP contribution is -2.39. The number of fused-ring (bicyclic) bond motifs is 1. The van der Waals surface area contributed by atoms with E-state index in [9.17, 15) is 19.8 Å². The Morgan fingerprint density at radius 3 is 2.57 bits per heavy atom. The fraction of sp³-hybridized carbons (Fsp3) is 0.250. The highest BCUT2D eigenvalue weighted by Gasteiger charge is 2.31. The van der Waals surface area contributed by atoms with Gasteiger partial charge in [0.15, 0.2) is 11.6 Å². The molecule has 1 fully saturated rings. The summed E-state index contributed by atoms with van der Waals surface area (Å²) in [5.41, 5.74) is 4.00. The molecular formula is C28H26N4O4S. The van der Waals surface area contributed by atoms with Crippen molar-refractivity contribution in [2.45, 2.75) is 19.8 Å². The normalized spacial score (nSPS) is 13.9. The van der Waals surface area contributed by atoms with Gasteiger partial charge in [0.1, 0.15) is 24.5 Å². The number of carboxylic acid groups (broad SMARTS) is 1. The van der Waals surface area contributed by atoms with Gasteiger partial charge in [-0.1, -0.05) is 30.3 Å². The minimum absolute atomic E-state index is 0.00669. The molecule has 3 heterocycles. The van der Waals surface area contributed by atoms with Crippen LogP contribution < -0.4 is 9.80 Å². The van der Waals surface area contributed by atoms with Gasteiger partial charge < -0.3 is 20.0 Å². The number of aliphatic carboxylic acids is 1. The molecule has 1 saturated heterocycles. The molecule has 2 aromatic carbocycles. The Kier molecular flexibility index (Phi) is 6.90. The van der Waals surface area contributed by atoms with Gasteiger partial charge in [-0.15, -0.1) is 11.3 Å². The molecule has 5 rings (SSSR count). The maximum atomic E-state index is 12.1. The molecule has 0 radical (unpaired) electrons. The van der Waals surface area contributed by atoms with E-state index in [2.05, 4.69) is 68.8 Å². The van der Waals surface area contributed by atoms with Gasteiger partial charge in [-0.2, -0.15) is 0 Å². The molecule has 188 valence electrons. The van der Waals surface area contributed by atoms with Crippen LogP contribution in [0.2, 0.25) is 0 Å². The lowest BCUT2D eigenvalue weighted by atomic mass is 9.92. The number of carboxylic acids is 1. The first-order valence-electron chi connectivity index (χ1n) is 12.0. The van der Waals surface area contributed by atoms with Crippen LogP contribution in [0.5, 0.6) is 5.75 Å². The van der Waals surface area contributed by atoms with Gasteiger partial charge in [0.2, 0.25) is 0 Å². The molecular weight excluding hydrogens is 488 g/mol. The summed E-state index contributed by atoms with van der Waals surface area (Å²) in [6.07, 6.45) is 2.53. The Balaban J connectivity index is 1.31. The second-order valence-electron chi connectivity index (χ2n) is 9.05. The number of nitrogens with zero attached hydrogens (tertiary/aromatic N) is 4. The van der Waals surface area contributed by atoms with Crippen molar-refractivity contribution in [2.75, 3.05) is 29.4 Å². The Hall–Kier alpha value is -4.20. The molecule has 0 bridgehead atoms. The molecule has 0 amide bonds. The van der Waals surface area contributed by atoms with E-state index in [0.717, 1.165) is 5.69 Å². The standard InChI is InChI=1S/C28H26N4O4S/c1-18-27(36)28(30-17-29-18)32(14-26(34)35)24(15-33)20-10-12-31(13-11-20)21-8-6-19(7-9-21)23-16-37-25-5-3-2-4-22(23)25/h2-9,16-17,20,36H,10-14H2,1H3,(H,34,35). The third-order valence-electron chi connectivity index (χ3n) is 6.84. The summed E-state index contributed by atoms with van der Waals surface area (Å²) in [6.45, 7) is 2.49. The monoisotopic (exact) mass is 514 g/mol. The number of aryl methyl sites for hydroxylation is 1. The topological polar surface area (TPSA) is 107 Å². The summed E-state index contributed by atoms with van der Waals surface area (Å²) in [5, 5.41) is 23.4. The lowest BCUT2D eigenvalue weighted by molar-refractivity contribution is -0.135. The molecule has 0 unspecified atom stereocenters. The Morgan fingerprint density at radius 1 is 1.14 bits per heavy atom. The molecule has 2 aromatic heterocycles. The zero-order valence-electron chi connectivity index (χ0n) is 20.3. The van der Waals surface area contributed by atoms with Crippen LogP contribution in [0.4, 0.5) is 11.5 Å². The summed E-state index contributed by atoms with van der Waals surface area (Å²) in [7, 11) is 0. The second kappa shape index (κ2) is 10.4. The third-order valence-corrected chi connectivity index (χ3v) is 7.80. The Morgan fingerprint density at radius 2 is 1.86 bits per heavy atom. The number of anilines is 2. The van der Waals surface area contributed by atoms with E-state index < -0.39 is 12.5 Å². The number of rotatable bonds is 7. The average molecular weight is 515 g/mol. The Bertz CT molecular complexity index is 1490. The van der Waals surface area contributed by atoms with Gasteiger partial charge in [0, 0.05) is 40.3 Å². The van der Waals surface area contributed by atoms with E-state index >= 15 is 0 Å². The zero-order valence-corrected chi connectivity index (χ0v) is 21.1. The van der Waals surface area contributed by atoms with Crippen molar-refractivity contribution in [3.8, 4) is 16.9 Å². The molecule has 2 N–H and O–H groups in total. The molecule has 0 atom stereocenters. The van der Waals surface area contributed by atoms with Gasteiger partial charge in [-0.3, -0.25) is 4.79 Å². The van der Waals surface area contributed by atoms with E-state index in [1.807, 2.05) is 5.94 Å². The maximum absolute atomic E-state index is 12.1. The van der Waals surface area contributed by atoms with Crippen LogP contribution in [-0.4, -0.2) is 51.7 Å². The number of hydrogen-bond donors (Lipinski definition) is 2. The number of thiophene rings is 1. The number of carbonyl (C=O) groups excluding carboxylic acids is 1. The molecule has 1 aliphatic heterocycles. The molecule has 8 nitrogen and oxygen atoms in total. The number of allylic oxidation sites excluding steroid dienone is 1. The first kappa shape index (κ1) is 24.5. The molecule has 9 heteroatoms. The number of hydrogen-bond acceptors (Lipinski definition) is 8. The van der Waals surface area contributed by atoms with Crippen molar-refractivity contribution >= 4 is 44.8 Å². The van der Waals surface area contributed by atoms with Gasteiger partial charge >= 0.3 is 5.97 Å². The summed E-state index contributed by atoms with van der Waals surface area (Å²) < 4.78 is 1.27. The Labute approximate surface area is 218 Å². The van der Waals surface area contributed by atoms with Crippen molar-refractivity contribution in [2.24, 2.45) is 5.92 Å². The number of benzene rings is 2. The summed E-state index contributed by atoms with van der Waals surface area (Å²) in [4.78, 5) is 35.1. The van der Waals surface area contributed by atoms with Crippen molar-refractivity contribution in [3.63, 3.8) is 0 Å². The predicted octanol–water partition coefficient (Wildman–Crippen LogP) is 4.90. The van der Waals surface area contributed by atoms with E-state index in [4.69, 9.17) is 0 Å². The third kappa shape index (κ3) is 4.91. The predicted molar refractivity (Wildman–Crippen MR) is 145 cm³/mol. The molecule has 0 saturated carbocycles. The van der Waals surface area contributed by atoms with Crippen molar-refractivity contribution in [3.05, 3.63) is 71.6 Å². The SMILES string of the molecule is Cc1ncnc(N(CC(=O)O)C(=C=O)C2CCN(c3ccc(-c4csc5ccccc45)cc3)CC2)c1O. The highest BCUT2D eigenvalue weighted by atomic mass is 32.1. The van der Waals surface area contributed by atoms with E-state index in [0.29, 0.717) is 31.6 Å². The van der Waals surface area contributed by atoms with Gasteiger partial charge in [0.05, 0.1) is 5.69 Å². The first-order valence-corrected chi connectivity index (χ1v) is 12.9. The maximum Gasteiger partial charge on any atom is 0.323 e. The highest BCUT2D eigenvalue weighted by Crippen LogP contribution is 2.37. The molecule has 4 aromatic rings. The van der Waals surface area contributed by atoms with Gasteiger partial charge in [-0.05, 0) is 48.9 Å². The zero-order chi connectivity index (χ0) is 25.9. The largest absolute Gasteiger partial charge is 0.503 e. The lowest BCUT2D eigenvalue weighted by Gasteiger charge is -2.36. The van der Waals surface area contributed by atoms with Crippen molar-refractivity contribution < 1.29 is 19.8 Å². The fourth-order valence-corrected chi connectivity index (χ4v) is 5.85. The highest BCUT2D eigenvalue weighted by molar-refractivity contribution is 7.17. The quantitative estimate of drug-likeness (QED) is 0.336. The number of carbonyl (C=O) groups is 1. The van der Waals surface area contributed by atoms with Crippen LogP contribution in [0.15, 0.2) is 65.9 Å². The smallest absolute Gasteiger partial charge is 0.323 e. The molecule has 0 aliphatic carbocycles. The first-order chi connectivity index (χ1) is 18.0. The number of piperidine rings is 1. The van der Waals surface area contributed by atoms with Crippen LogP contribution in [0.3, 0.4) is 0 Å². The van der Waals surface area contributed by atoms with Crippen LogP contribution >= 0.6 is 11.3 Å². The van der Waals surface area contributed by atoms with Crippen molar-refractivity contribution in [1.82, 2.24) is 9.97 Å². The average Bonchev–Trinajstić information content (AvgIpc) is 3.35. The molecule has 0 spiro atoms. The van der Waals surface area contributed by atoms with Crippen LogP contribution in [0.1, 0.15) is 18.5 Å². The molecule has 37 heavy (non-hydrogen) atoms. The van der Waals surface area contributed by atoms with Crippen molar-refractivity contribution in [1.29, 1.82) is 0 Å². The van der Waals surface area contributed by atoms with E-state index in [1.165, 1.54) is 32.4 Å². The van der Waals surface area contributed by atoms with Gasteiger partial charge in [-0.25, -0.2) is 14.8 Å². The van der Waals surface area contributed by atoms with E-state index in [1.54, 1.807) is 18.3 Å². The van der Waals surface area contributed by atoms with Crippen LogP contribution in [0, 0.1) is 12.8 Å². The van der Waals surface area contributed by atoms with Gasteiger partial charge in [0.25, 0.3) is 0 Å². The minimum atomic E-state index is -1.14. The summed E-state index contributed by atoms with van der Waals surface area (Å²) in [6, 6.07) is 16.9. The second-order valence-corrected chi connectivity index (χ2v) is 9.96.